The van der Waals surface area contributed by atoms with Gasteiger partial charge < -0.3 is 5.32 Å². The largest absolute Gasteiger partial charge is 0.309 e. The maximum atomic E-state index is 11.5. The Kier molecular flexibility index (Phi) is 3.87. The van der Waals surface area contributed by atoms with Gasteiger partial charge in [0.25, 0.3) is 0 Å². The SMILES string of the molecule is Cc1ccc(C(NCC2CCS(=O)(=O)C2)C2CC2)cc1. The molecule has 0 spiro atoms. The number of nitrogens with one attached hydrogen (secondary N) is 1. The lowest BCUT2D eigenvalue weighted by atomic mass is 10.00. The Morgan fingerprint density at radius 3 is 2.45 bits per heavy atom. The van der Waals surface area contributed by atoms with E-state index >= 15 is 0 Å². The zero-order valence-corrected chi connectivity index (χ0v) is 12.8. The lowest BCUT2D eigenvalue weighted by Crippen LogP contribution is -2.29. The van der Waals surface area contributed by atoms with E-state index in [9.17, 15) is 8.42 Å². The summed E-state index contributed by atoms with van der Waals surface area (Å²) in [6.07, 6.45) is 3.39. The third kappa shape index (κ3) is 3.41. The summed E-state index contributed by atoms with van der Waals surface area (Å²) in [5, 5.41) is 3.63. The van der Waals surface area contributed by atoms with Crippen molar-refractivity contribution < 1.29 is 8.42 Å². The standard InChI is InChI=1S/C16H23NO2S/c1-12-2-4-14(5-3-12)16(15-6-7-15)17-10-13-8-9-20(18,19)11-13/h2-5,13,15-17H,6-11H2,1H3. The van der Waals surface area contributed by atoms with Crippen molar-refractivity contribution in [2.45, 2.75) is 32.2 Å². The highest BCUT2D eigenvalue weighted by molar-refractivity contribution is 7.91. The Hall–Kier alpha value is -0.870. The average Bonchev–Trinajstić information content (AvgIpc) is 3.17. The molecule has 1 aliphatic heterocycles. The first kappa shape index (κ1) is 14.1. The zero-order chi connectivity index (χ0) is 14.2. The molecule has 0 aromatic heterocycles. The summed E-state index contributed by atoms with van der Waals surface area (Å²) in [7, 11) is -2.76. The lowest BCUT2D eigenvalue weighted by Gasteiger charge is -2.21. The van der Waals surface area contributed by atoms with Gasteiger partial charge in [-0.2, -0.15) is 0 Å². The van der Waals surface area contributed by atoms with E-state index < -0.39 is 9.84 Å². The van der Waals surface area contributed by atoms with E-state index in [0.29, 0.717) is 23.5 Å². The molecule has 20 heavy (non-hydrogen) atoms. The second-order valence-electron chi connectivity index (χ2n) is 6.40. The highest BCUT2D eigenvalue weighted by Crippen LogP contribution is 2.41. The average molecular weight is 293 g/mol. The molecule has 1 aromatic rings. The van der Waals surface area contributed by atoms with Gasteiger partial charge in [0.1, 0.15) is 0 Å². The van der Waals surface area contributed by atoms with Crippen LogP contribution in [0.25, 0.3) is 0 Å². The molecule has 1 N–H and O–H groups in total. The molecule has 0 bridgehead atoms. The van der Waals surface area contributed by atoms with Crippen LogP contribution >= 0.6 is 0 Å². The Labute approximate surface area is 121 Å². The number of aryl methyl sites for hydroxylation is 1. The van der Waals surface area contributed by atoms with Crippen LogP contribution in [0.2, 0.25) is 0 Å². The summed E-state index contributed by atoms with van der Waals surface area (Å²) in [6.45, 7) is 2.93. The summed E-state index contributed by atoms with van der Waals surface area (Å²) >= 11 is 0. The van der Waals surface area contributed by atoms with Crippen LogP contribution in [0.3, 0.4) is 0 Å². The molecule has 3 rings (SSSR count). The van der Waals surface area contributed by atoms with Gasteiger partial charge in [-0.1, -0.05) is 29.8 Å². The van der Waals surface area contributed by atoms with Crippen LogP contribution in [0.1, 0.15) is 36.4 Å². The molecule has 1 aliphatic carbocycles. The fraction of sp³-hybridized carbons (Fsp3) is 0.625. The summed E-state index contributed by atoms with van der Waals surface area (Å²) in [4.78, 5) is 0. The number of benzene rings is 1. The molecule has 1 saturated heterocycles. The van der Waals surface area contributed by atoms with Crippen molar-refractivity contribution in [2.24, 2.45) is 11.8 Å². The van der Waals surface area contributed by atoms with Crippen LogP contribution in [0, 0.1) is 18.8 Å². The van der Waals surface area contributed by atoms with Crippen LogP contribution < -0.4 is 5.32 Å². The molecular formula is C16H23NO2S. The van der Waals surface area contributed by atoms with E-state index in [1.165, 1.54) is 24.0 Å². The summed E-state index contributed by atoms with van der Waals surface area (Å²) in [6, 6.07) is 9.13. The molecule has 0 amide bonds. The molecule has 2 aliphatic rings. The Morgan fingerprint density at radius 2 is 1.90 bits per heavy atom. The van der Waals surface area contributed by atoms with E-state index in [1.54, 1.807) is 0 Å². The summed E-state index contributed by atoms with van der Waals surface area (Å²) < 4.78 is 23.0. The molecule has 1 aromatic carbocycles. The fourth-order valence-electron chi connectivity index (χ4n) is 3.09. The smallest absolute Gasteiger partial charge is 0.150 e. The van der Waals surface area contributed by atoms with Crippen LogP contribution in [0.5, 0.6) is 0 Å². The van der Waals surface area contributed by atoms with Crippen molar-refractivity contribution in [2.75, 3.05) is 18.1 Å². The van der Waals surface area contributed by atoms with Gasteiger partial charge in [-0.3, -0.25) is 0 Å². The molecule has 0 radical (unpaired) electrons. The van der Waals surface area contributed by atoms with Crippen LogP contribution in [-0.2, 0) is 9.84 Å². The van der Waals surface area contributed by atoms with Gasteiger partial charge >= 0.3 is 0 Å². The molecule has 2 unspecified atom stereocenters. The quantitative estimate of drug-likeness (QED) is 0.907. The summed E-state index contributed by atoms with van der Waals surface area (Å²) in [5.41, 5.74) is 2.63. The minimum Gasteiger partial charge on any atom is -0.309 e. The fourth-order valence-corrected chi connectivity index (χ4v) is 4.95. The van der Waals surface area contributed by atoms with Crippen molar-refractivity contribution in [1.82, 2.24) is 5.32 Å². The minimum atomic E-state index is -2.76. The Bertz CT molecular complexity index is 561. The molecule has 1 saturated carbocycles. The van der Waals surface area contributed by atoms with E-state index in [2.05, 4.69) is 36.5 Å². The van der Waals surface area contributed by atoms with Gasteiger partial charge in [-0.25, -0.2) is 8.42 Å². The van der Waals surface area contributed by atoms with Crippen molar-refractivity contribution in [3.8, 4) is 0 Å². The van der Waals surface area contributed by atoms with Crippen molar-refractivity contribution in [1.29, 1.82) is 0 Å². The predicted molar refractivity (Wildman–Crippen MR) is 81.4 cm³/mol. The third-order valence-corrected chi connectivity index (χ3v) is 6.32. The van der Waals surface area contributed by atoms with E-state index in [4.69, 9.17) is 0 Å². The molecule has 4 heteroatoms. The van der Waals surface area contributed by atoms with Crippen molar-refractivity contribution in [3.05, 3.63) is 35.4 Å². The second-order valence-corrected chi connectivity index (χ2v) is 8.63. The van der Waals surface area contributed by atoms with Crippen LogP contribution in [0.15, 0.2) is 24.3 Å². The number of sulfone groups is 1. The van der Waals surface area contributed by atoms with Gasteiger partial charge in [0.15, 0.2) is 9.84 Å². The van der Waals surface area contributed by atoms with Gasteiger partial charge in [-0.05, 0) is 50.1 Å². The van der Waals surface area contributed by atoms with Gasteiger partial charge in [0.05, 0.1) is 11.5 Å². The summed E-state index contributed by atoms with van der Waals surface area (Å²) in [5.74, 6) is 1.77. The minimum absolute atomic E-state index is 0.298. The van der Waals surface area contributed by atoms with Gasteiger partial charge in [0.2, 0.25) is 0 Å². The normalized spacial score (nSPS) is 26.6. The number of hydrogen-bond donors (Lipinski definition) is 1. The maximum absolute atomic E-state index is 11.5. The van der Waals surface area contributed by atoms with Crippen LogP contribution in [-0.4, -0.2) is 26.5 Å². The van der Waals surface area contributed by atoms with Gasteiger partial charge in [0, 0.05) is 6.04 Å². The van der Waals surface area contributed by atoms with E-state index in [-0.39, 0.29) is 0 Å². The molecule has 110 valence electrons. The van der Waals surface area contributed by atoms with Gasteiger partial charge in [-0.15, -0.1) is 0 Å². The third-order valence-electron chi connectivity index (χ3n) is 4.48. The zero-order valence-electron chi connectivity index (χ0n) is 12.0. The first-order chi connectivity index (χ1) is 9.53. The molecule has 1 heterocycles. The van der Waals surface area contributed by atoms with E-state index in [1.807, 2.05) is 0 Å². The monoisotopic (exact) mass is 293 g/mol. The maximum Gasteiger partial charge on any atom is 0.150 e. The van der Waals surface area contributed by atoms with Crippen LogP contribution in [0.4, 0.5) is 0 Å². The second kappa shape index (κ2) is 5.49. The first-order valence-corrected chi connectivity index (χ1v) is 9.36. The number of rotatable bonds is 5. The lowest BCUT2D eigenvalue weighted by molar-refractivity contribution is 0.427. The molecule has 2 fully saturated rings. The first-order valence-electron chi connectivity index (χ1n) is 7.54. The van der Waals surface area contributed by atoms with E-state index in [0.717, 1.165) is 18.9 Å². The van der Waals surface area contributed by atoms with Crippen molar-refractivity contribution >= 4 is 9.84 Å². The van der Waals surface area contributed by atoms with Crippen molar-refractivity contribution in [3.63, 3.8) is 0 Å². The highest BCUT2D eigenvalue weighted by Gasteiger charge is 2.34. The molecule has 3 nitrogen and oxygen atoms in total. The molecular weight excluding hydrogens is 270 g/mol. The topological polar surface area (TPSA) is 46.2 Å². The molecule has 2 atom stereocenters. The predicted octanol–water partition coefficient (Wildman–Crippen LogP) is 2.47. The number of hydrogen-bond acceptors (Lipinski definition) is 3. The Morgan fingerprint density at radius 1 is 1.20 bits per heavy atom. The highest BCUT2D eigenvalue weighted by atomic mass is 32.2. The Balaban J connectivity index is 1.62.